The minimum Gasteiger partial charge on any atom is -0.356 e. The van der Waals surface area contributed by atoms with Gasteiger partial charge in [-0.05, 0) is 17.4 Å². The molecule has 0 saturated heterocycles. The molecule has 0 unspecified atom stereocenters. The van der Waals surface area contributed by atoms with Crippen molar-refractivity contribution < 1.29 is 0 Å². The fraction of sp³-hybridized carbons (Fsp3) is 0.500. The zero-order valence-electron chi connectivity index (χ0n) is 15.7. The lowest BCUT2D eigenvalue weighted by Gasteiger charge is -2.29. The number of hydrogen-bond acceptors (Lipinski definition) is 3. The molecule has 0 radical (unpaired) electrons. The number of halogens is 1. The second-order valence-electron chi connectivity index (χ2n) is 6.88. The van der Waals surface area contributed by atoms with Crippen LogP contribution >= 0.6 is 24.0 Å². The van der Waals surface area contributed by atoms with Crippen molar-refractivity contribution in [2.75, 3.05) is 20.6 Å². The summed E-state index contributed by atoms with van der Waals surface area (Å²) in [7, 11) is 5.71. The summed E-state index contributed by atoms with van der Waals surface area (Å²) in [5, 5.41) is 7.59. The lowest BCUT2D eigenvalue weighted by molar-refractivity contribution is 0.348. The van der Waals surface area contributed by atoms with Gasteiger partial charge in [0.05, 0.1) is 6.54 Å². The van der Waals surface area contributed by atoms with E-state index in [1.807, 2.05) is 14.1 Å². The van der Waals surface area contributed by atoms with Crippen molar-refractivity contribution in [2.45, 2.75) is 26.8 Å². The summed E-state index contributed by atoms with van der Waals surface area (Å²) in [4.78, 5) is 10.7. The first-order chi connectivity index (χ1) is 11.4. The number of benzene rings is 1. The molecular formula is C18H29IN6. The molecule has 25 heavy (non-hydrogen) atoms. The maximum atomic E-state index is 4.38. The third-order valence-electron chi connectivity index (χ3n) is 4.01. The third-order valence-corrected chi connectivity index (χ3v) is 4.01. The molecule has 138 valence electrons. The Morgan fingerprint density at radius 3 is 2.52 bits per heavy atom. The van der Waals surface area contributed by atoms with Crippen LogP contribution in [0.5, 0.6) is 0 Å². The second-order valence-corrected chi connectivity index (χ2v) is 6.88. The van der Waals surface area contributed by atoms with Gasteiger partial charge in [0.1, 0.15) is 12.2 Å². The van der Waals surface area contributed by atoms with E-state index in [1.165, 1.54) is 5.56 Å². The van der Waals surface area contributed by atoms with Crippen LogP contribution in [0.4, 0.5) is 0 Å². The van der Waals surface area contributed by atoms with Gasteiger partial charge in [-0.25, -0.2) is 4.98 Å². The van der Waals surface area contributed by atoms with Crippen LogP contribution in [-0.4, -0.2) is 46.3 Å². The summed E-state index contributed by atoms with van der Waals surface area (Å²) in [6.45, 7) is 6.04. The Balaban J connectivity index is 0.00000312. The van der Waals surface area contributed by atoms with Crippen molar-refractivity contribution >= 4 is 29.9 Å². The summed E-state index contributed by atoms with van der Waals surface area (Å²) in [5.41, 5.74) is 1.48. The van der Waals surface area contributed by atoms with E-state index in [2.05, 4.69) is 69.5 Å². The highest BCUT2D eigenvalue weighted by atomic mass is 127. The first-order valence-corrected chi connectivity index (χ1v) is 8.20. The monoisotopic (exact) mass is 456 g/mol. The minimum atomic E-state index is 0. The highest BCUT2D eigenvalue weighted by molar-refractivity contribution is 14.0. The van der Waals surface area contributed by atoms with Gasteiger partial charge in [-0.3, -0.25) is 9.67 Å². The topological polar surface area (TPSA) is 58.3 Å². The van der Waals surface area contributed by atoms with Crippen LogP contribution in [0.25, 0.3) is 0 Å². The van der Waals surface area contributed by atoms with Crippen molar-refractivity contribution in [3.8, 4) is 0 Å². The van der Waals surface area contributed by atoms with Crippen LogP contribution in [0.1, 0.15) is 25.2 Å². The Morgan fingerprint density at radius 1 is 1.28 bits per heavy atom. The van der Waals surface area contributed by atoms with E-state index in [-0.39, 0.29) is 29.4 Å². The first kappa shape index (κ1) is 21.4. The molecule has 1 heterocycles. The van der Waals surface area contributed by atoms with E-state index in [0.717, 1.165) is 24.7 Å². The van der Waals surface area contributed by atoms with Crippen molar-refractivity contribution in [2.24, 2.45) is 17.5 Å². The molecule has 0 saturated carbocycles. The molecule has 1 N–H and O–H groups in total. The van der Waals surface area contributed by atoms with Gasteiger partial charge in [-0.15, -0.1) is 24.0 Å². The van der Waals surface area contributed by atoms with Crippen LogP contribution in [0, 0.1) is 5.41 Å². The van der Waals surface area contributed by atoms with Crippen LogP contribution in [0.15, 0.2) is 41.7 Å². The fourth-order valence-corrected chi connectivity index (χ4v) is 2.66. The van der Waals surface area contributed by atoms with Crippen molar-refractivity contribution in [3.63, 3.8) is 0 Å². The van der Waals surface area contributed by atoms with Gasteiger partial charge < -0.3 is 10.2 Å². The maximum absolute atomic E-state index is 4.38. The van der Waals surface area contributed by atoms with E-state index >= 15 is 0 Å². The first-order valence-electron chi connectivity index (χ1n) is 8.20. The smallest absolute Gasteiger partial charge is 0.193 e. The minimum absolute atomic E-state index is 0. The highest BCUT2D eigenvalue weighted by Gasteiger charge is 2.20. The summed E-state index contributed by atoms with van der Waals surface area (Å²) in [6, 6.07) is 10.6. The van der Waals surface area contributed by atoms with E-state index in [4.69, 9.17) is 0 Å². The van der Waals surface area contributed by atoms with E-state index in [0.29, 0.717) is 6.54 Å². The highest BCUT2D eigenvalue weighted by Crippen LogP contribution is 2.20. The molecular weight excluding hydrogens is 427 g/mol. The van der Waals surface area contributed by atoms with E-state index < -0.39 is 0 Å². The lowest BCUT2D eigenvalue weighted by Crippen LogP contribution is -2.43. The van der Waals surface area contributed by atoms with Crippen LogP contribution in [0.3, 0.4) is 0 Å². The molecule has 0 aliphatic rings. The Labute approximate surface area is 167 Å². The zero-order chi connectivity index (χ0) is 17.6. The Morgan fingerprint density at radius 2 is 1.96 bits per heavy atom. The molecule has 2 aromatic rings. The number of nitrogens with zero attached hydrogens (tertiary/aromatic N) is 5. The van der Waals surface area contributed by atoms with E-state index in [1.54, 1.807) is 18.1 Å². The third kappa shape index (κ3) is 6.64. The van der Waals surface area contributed by atoms with Crippen molar-refractivity contribution in [1.82, 2.24) is 25.0 Å². The molecule has 6 nitrogen and oxygen atoms in total. The summed E-state index contributed by atoms with van der Waals surface area (Å²) < 4.78 is 1.78. The Hall–Kier alpha value is -1.64. The lowest BCUT2D eigenvalue weighted by atomic mass is 9.86. The summed E-state index contributed by atoms with van der Waals surface area (Å²) in [6.07, 6.45) is 2.59. The molecule has 0 spiro atoms. The molecule has 0 aliphatic carbocycles. The average molecular weight is 456 g/mol. The fourth-order valence-electron chi connectivity index (χ4n) is 2.66. The normalized spacial score (nSPS) is 11.8. The molecule has 0 bridgehead atoms. The quantitative estimate of drug-likeness (QED) is 0.413. The van der Waals surface area contributed by atoms with Gasteiger partial charge in [0.25, 0.3) is 0 Å². The van der Waals surface area contributed by atoms with Gasteiger partial charge in [-0.2, -0.15) is 5.10 Å². The molecule has 1 aromatic heterocycles. The molecule has 1 aromatic carbocycles. The number of nitrogens with one attached hydrogen (secondary N) is 1. The summed E-state index contributed by atoms with van der Waals surface area (Å²) in [5.74, 6) is 1.77. The number of hydrogen-bond donors (Lipinski definition) is 1. The number of aryl methyl sites for hydroxylation is 1. The van der Waals surface area contributed by atoms with Gasteiger partial charge in [0.15, 0.2) is 5.96 Å². The predicted octanol–water partition coefficient (Wildman–Crippen LogP) is 2.71. The number of guanidine groups is 1. The van der Waals surface area contributed by atoms with Gasteiger partial charge >= 0.3 is 0 Å². The van der Waals surface area contributed by atoms with Crippen molar-refractivity contribution in [3.05, 3.63) is 48.0 Å². The van der Waals surface area contributed by atoms with Gasteiger partial charge in [0.2, 0.25) is 0 Å². The van der Waals surface area contributed by atoms with Crippen LogP contribution < -0.4 is 5.32 Å². The van der Waals surface area contributed by atoms with Crippen LogP contribution in [0.2, 0.25) is 0 Å². The van der Waals surface area contributed by atoms with Crippen molar-refractivity contribution in [1.29, 1.82) is 0 Å². The average Bonchev–Trinajstić information content (AvgIpc) is 2.93. The summed E-state index contributed by atoms with van der Waals surface area (Å²) >= 11 is 0. The zero-order valence-corrected chi connectivity index (χ0v) is 18.1. The second kappa shape index (κ2) is 9.74. The van der Waals surface area contributed by atoms with E-state index in [9.17, 15) is 0 Å². The standard InChI is InChI=1S/C18H28N6.HI/c1-18(2,11-15-9-7-6-8-10-15)13-20-17(19-3)23(4)12-16-21-14-22-24(16)5;/h6-10,14H,11-13H2,1-5H3,(H,19,20);1H. The predicted molar refractivity (Wildman–Crippen MR) is 113 cm³/mol. The molecule has 0 amide bonds. The number of aliphatic imine (C=N–C) groups is 1. The van der Waals surface area contributed by atoms with Gasteiger partial charge in [-0.1, -0.05) is 44.2 Å². The maximum Gasteiger partial charge on any atom is 0.193 e. The molecule has 2 rings (SSSR count). The molecule has 0 atom stereocenters. The molecule has 0 aliphatic heterocycles. The van der Waals surface area contributed by atoms with Gasteiger partial charge in [0, 0.05) is 27.7 Å². The molecule has 7 heteroatoms. The Bertz CT molecular complexity index is 665. The Kier molecular flexibility index (Phi) is 8.34. The number of aromatic nitrogens is 3. The number of rotatable bonds is 6. The van der Waals surface area contributed by atoms with Crippen LogP contribution in [-0.2, 0) is 20.0 Å². The molecule has 0 fully saturated rings. The SMILES string of the molecule is CN=C(NCC(C)(C)Cc1ccccc1)N(C)Cc1ncnn1C.I. The largest absolute Gasteiger partial charge is 0.356 e.